The first-order chi connectivity index (χ1) is 7.34. The van der Waals surface area contributed by atoms with Gasteiger partial charge in [0.15, 0.2) is 0 Å². The molecule has 0 heterocycles. The Balaban J connectivity index is 1.96. The quantitative estimate of drug-likeness (QED) is 0.732. The second-order valence-corrected chi connectivity index (χ2v) is 3.42. The van der Waals surface area contributed by atoms with Crippen LogP contribution in [0.25, 0.3) is 0 Å². The van der Waals surface area contributed by atoms with Gasteiger partial charge in [-0.15, -0.1) is 0 Å². The maximum absolute atomic E-state index is 5.61. The van der Waals surface area contributed by atoms with Gasteiger partial charge in [-0.25, -0.2) is 0 Å². The van der Waals surface area contributed by atoms with Crippen molar-refractivity contribution in [1.29, 1.82) is 0 Å². The van der Waals surface area contributed by atoms with Crippen LogP contribution >= 0.6 is 0 Å². The number of hydrogen-bond donors (Lipinski definition) is 0. The summed E-state index contributed by atoms with van der Waals surface area (Å²) >= 11 is 0. The van der Waals surface area contributed by atoms with Gasteiger partial charge in [-0.3, -0.25) is 0 Å². The zero-order valence-electron chi connectivity index (χ0n) is 8.52. The van der Waals surface area contributed by atoms with Gasteiger partial charge >= 0.3 is 0 Å². The molecule has 0 amide bonds. The zero-order chi connectivity index (χ0) is 10.5. The molecule has 0 unspecified atom stereocenters. The average molecular weight is 197 g/mol. The predicted octanol–water partition coefficient (Wildman–Crippen LogP) is 3.45. The molecule has 15 heavy (non-hydrogen) atoms. The Kier molecular flexibility index (Phi) is 3.03. The van der Waals surface area contributed by atoms with Crippen molar-refractivity contribution in [3.05, 3.63) is 72.6 Å². The van der Waals surface area contributed by atoms with Crippen LogP contribution in [-0.2, 0) is 6.61 Å². The summed E-state index contributed by atoms with van der Waals surface area (Å²) in [6.45, 7) is 4.44. The summed E-state index contributed by atoms with van der Waals surface area (Å²) in [7, 11) is 0. The lowest BCUT2D eigenvalue weighted by molar-refractivity contribution is 0.306. The van der Waals surface area contributed by atoms with Crippen molar-refractivity contribution in [2.75, 3.05) is 0 Å². The number of hydrogen-bond acceptors (Lipinski definition) is 1. The molecule has 75 valence electrons. The molecule has 0 saturated heterocycles. The largest absolute Gasteiger partial charge is 0.489 e. The molecule has 0 bridgehead atoms. The topological polar surface area (TPSA) is 9.23 Å². The lowest BCUT2D eigenvalue weighted by atomic mass is 10.2. The van der Waals surface area contributed by atoms with Crippen LogP contribution in [0.4, 0.5) is 0 Å². The van der Waals surface area contributed by atoms with E-state index >= 15 is 0 Å². The summed E-state index contributed by atoms with van der Waals surface area (Å²) in [6.07, 6.45) is 0. The molecule has 0 N–H and O–H groups in total. The second kappa shape index (κ2) is 4.65. The molecule has 2 aromatic carbocycles. The first kappa shape index (κ1) is 9.78. The summed E-state index contributed by atoms with van der Waals surface area (Å²) in [4.78, 5) is 0. The van der Waals surface area contributed by atoms with Crippen LogP contribution in [0.2, 0.25) is 0 Å². The first-order valence-corrected chi connectivity index (χ1v) is 4.93. The van der Waals surface area contributed by atoms with Crippen molar-refractivity contribution >= 4 is 0 Å². The Bertz CT molecular complexity index is 403. The van der Waals surface area contributed by atoms with E-state index in [1.807, 2.05) is 54.6 Å². The highest BCUT2D eigenvalue weighted by Crippen LogP contribution is 2.11. The first-order valence-electron chi connectivity index (χ1n) is 4.93. The zero-order valence-corrected chi connectivity index (χ0v) is 8.52. The van der Waals surface area contributed by atoms with Gasteiger partial charge < -0.3 is 4.74 Å². The van der Waals surface area contributed by atoms with Crippen LogP contribution in [0.15, 0.2) is 54.6 Å². The minimum atomic E-state index is 0.601. The van der Waals surface area contributed by atoms with E-state index in [0.717, 1.165) is 16.9 Å². The minimum absolute atomic E-state index is 0.601. The van der Waals surface area contributed by atoms with Crippen LogP contribution in [0.5, 0.6) is 5.75 Å². The van der Waals surface area contributed by atoms with E-state index in [9.17, 15) is 0 Å². The Morgan fingerprint density at radius 1 is 0.867 bits per heavy atom. The predicted molar refractivity (Wildman–Crippen MR) is 61.7 cm³/mol. The van der Waals surface area contributed by atoms with E-state index < -0.39 is 0 Å². The van der Waals surface area contributed by atoms with E-state index in [0.29, 0.717) is 6.61 Å². The van der Waals surface area contributed by atoms with Gasteiger partial charge in [0.2, 0.25) is 0 Å². The van der Waals surface area contributed by atoms with Gasteiger partial charge in [-0.1, -0.05) is 42.5 Å². The molecule has 2 aromatic rings. The Hall–Kier alpha value is -1.76. The van der Waals surface area contributed by atoms with Crippen molar-refractivity contribution in [2.45, 2.75) is 6.61 Å². The van der Waals surface area contributed by atoms with Crippen molar-refractivity contribution in [3.8, 4) is 5.75 Å². The summed E-state index contributed by atoms with van der Waals surface area (Å²) in [6, 6.07) is 17.9. The molecule has 0 saturated carbocycles. The standard InChI is InChI=1S/C14H13O/c1-12-7-9-13(10-8-12)11-15-14-5-3-2-4-6-14/h2-10H,1,11H2. The van der Waals surface area contributed by atoms with Gasteiger partial charge in [0.05, 0.1) is 0 Å². The normalized spacial score (nSPS) is 9.93. The van der Waals surface area contributed by atoms with Crippen LogP contribution in [0.3, 0.4) is 0 Å². The summed E-state index contributed by atoms with van der Waals surface area (Å²) in [5.74, 6) is 0.899. The molecular weight excluding hydrogens is 184 g/mol. The van der Waals surface area contributed by atoms with Crippen molar-refractivity contribution in [3.63, 3.8) is 0 Å². The third kappa shape index (κ3) is 2.84. The molecule has 0 aliphatic heterocycles. The lowest BCUT2D eigenvalue weighted by Gasteiger charge is -2.05. The van der Waals surface area contributed by atoms with Gasteiger partial charge in [-0.05, 0) is 30.2 Å². The van der Waals surface area contributed by atoms with E-state index in [-0.39, 0.29) is 0 Å². The van der Waals surface area contributed by atoms with Crippen molar-refractivity contribution < 1.29 is 4.74 Å². The Morgan fingerprint density at radius 2 is 1.53 bits per heavy atom. The van der Waals surface area contributed by atoms with Gasteiger partial charge in [0, 0.05) is 0 Å². The highest BCUT2D eigenvalue weighted by molar-refractivity contribution is 5.25. The molecule has 0 aliphatic carbocycles. The number of rotatable bonds is 3. The van der Waals surface area contributed by atoms with Crippen molar-refractivity contribution in [1.82, 2.24) is 0 Å². The Morgan fingerprint density at radius 3 is 2.20 bits per heavy atom. The number of para-hydroxylation sites is 1. The van der Waals surface area contributed by atoms with Crippen LogP contribution in [0.1, 0.15) is 11.1 Å². The third-order valence-corrected chi connectivity index (χ3v) is 2.17. The van der Waals surface area contributed by atoms with E-state index in [1.165, 1.54) is 0 Å². The minimum Gasteiger partial charge on any atom is -0.489 e. The number of benzene rings is 2. The van der Waals surface area contributed by atoms with Gasteiger partial charge in [-0.2, -0.15) is 0 Å². The molecule has 1 heteroatoms. The fourth-order valence-corrected chi connectivity index (χ4v) is 1.32. The average Bonchev–Trinajstić information content (AvgIpc) is 2.30. The summed E-state index contributed by atoms with van der Waals surface area (Å²) < 4.78 is 5.61. The molecule has 2 rings (SSSR count). The van der Waals surface area contributed by atoms with E-state index in [2.05, 4.69) is 6.92 Å². The van der Waals surface area contributed by atoms with Gasteiger partial charge in [0.1, 0.15) is 12.4 Å². The molecule has 1 nitrogen and oxygen atoms in total. The fourth-order valence-electron chi connectivity index (χ4n) is 1.32. The SMILES string of the molecule is [CH2]c1ccc(COc2ccccc2)cc1. The molecular formula is C14H13O. The summed E-state index contributed by atoms with van der Waals surface area (Å²) in [5.41, 5.74) is 2.18. The summed E-state index contributed by atoms with van der Waals surface area (Å²) in [5, 5.41) is 0. The monoisotopic (exact) mass is 197 g/mol. The van der Waals surface area contributed by atoms with Crippen LogP contribution in [-0.4, -0.2) is 0 Å². The Labute approximate surface area is 90.3 Å². The molecule has 0 fully saturated rings. The second-order valence-electron chi connectivity index (χ2n) is 3.42. The molecule has 0 spiro atoms. The maximum atomic E-state index is 5.61. The third-order valence-electron chi connectivity index (χ3n) is 2.17. The molecule has 0 aliphatic rings. The van der Waals surface area contributed by atoms with Gasteiger partial charge in [0.25, 0.3) is 0 Å². The van der Waals surface area contributed by atoms with Crippen molar-refractivity contribution in [2.24, 2.45) is 0 Å². The molecule has 0 aromatic heterocycles. The molecule has 1 radical (unpaired) electrons. The van der Waals surface area contributed by atoms with E-state index in [4.69, 9.17) is 4.74 Å². The highest BCUT2D eigenvalue weighted by atomic mass is 16.5. The molecule has 0 atom stereocenters. The van der Waals surface area contributed by atoms with Crippen LogP contribution < -0.4 is 4.74 Å². The maximum Gasteiger partial charge on any atom is 0.119 e. The van der Waals surface area contributed by atoms with Crippen LogP contribution in [0, 0.1) is 6.92 Å². The highest BCUT2D eigenvalue weighted by Gasteiger charge is 1.94. The smallest absolute Gasteiger partial charge is 0.119 e. The fraction of sp³-hybridized carbons (Fsp3) is 0.0714. The lowest BCUT2D eigenvalue weighted by Crippen LogP contribution is -1.94. The van der Waals surface area contributed by atoms with E-state index in [1.54, 1.807) is 0 Å². The number of ether oxygens (including phenoxy) is 1.